The van der Waals surface area contributed by atoms with E-state index in [1.54, 1.807) is 5.57 Å². The first-order chi connectivity index (χ1) is 9.11. The maximum Gasteiger partial charge on any atom is 0.0772 e. The van der Waals surface area contributed by atoms with Crippen molar-refractivity contribution >= 4 is 5.57 Å². The van der Waals surface area contributed by atoms with Crippen LogP contribution in [-0.2, 0) is 0 Å². The summed E-state index contributed by atoms with van der Waals surface area (Å²) in [7, 11) is 2.22. The molecule has 0 radical (unpaired) electrons. The second kappa shape index (κ2) is 4.52. The van der Waals surface area contributed by atoms with Crippen LogP contribution in [0.2, 0.25) is 0 Å². The lowest BCUT2D eigenvalue weighted by Crippen LogP contribution is -2.31. The fraction of sp³-hybridized carbons (Fsp3) is 0.471. The third-order valence-corrected chi connectivity index (χ3v) is 4.50. The molecule has 0 fully saturated rings. The Labute approximate surface area is 115 Å². The summed E-state index contributed by atoms with van der Waals surface area (Å²) in [5.74, 6) is 0.610. The van der Waals surface area contributed by atoms with E-state index >= 15 is 0 Å². The molecule has 0 unspecified atom stereocenters. The molecule has 2 nitrogen and oxygen atoms in total. The number of allylic oxidation sites excluding steroid dienone is 3. The third-order valence-electron chi connectivity index (χ3n) is 4.50. The van der Waals surface area contributed by atoms with Gasteiger partial charge in [-0.1, -0.05) is 26.0 Å². The van der Waals surface area contributed by atoms with Crippen molar-refractivity contribution in [2.24, 2.45) is 5.92 Å². The zero-order chi connectivity index (χ0) is 13.6. The Kier molecular flexibility index (Phi) is 2.96. The number of hydrogen-bond donors (Lipinski definition) is 0. The standard InChI is InChI=1S/C17H22N2/c1-11(2)13-7-5-8-15-16-14(9-6-10-18-16)12(3)19(4)17(13)15/h6,8-12H,5,7H2,1-4H3/t12-/m0/s1. The highest BCUT2D eigenvalue weighted by atomic mass is 15.2. The zero-order valence-electron chi connectivity index (χ0n) is 12.3. The van der Waals surface area contributed by atoms with E-state index in [1.807, 2.05) is 12.3 Å². The van der Waals surface area contributed by atoms with E-state index in [0.29, 0.717) is 12.0 Å². The Balaban J connectivity index is 2.24. The van der Waals surface area contributed by atoms with Crippen molar-refractivity contribution in [3.8, 4) is 0 Å². The molecule has 2 aliphatic rings. The molecule has 0 N–H and O–H groups in total. The summed E-state index contributed by atoms with van der Waals surface area (Å²) in [6.45, 7) is 6.88. The molecule has 1 aliphatic heterocycles. The van der Waals surface area contributed by atoms with Gasteiger partial charge in [0, 0.05) is 30.1 Å². The number of rotatable bonds is 1. The summed E-state index contributed by atoms with van der Waals surface area (Å²) in [6, 6.07) is 4.66. The van der Waals surface area contributed by atoms with E-state index in [9.17, 15) is 0 Å². The van der Waals surface area contributed by atoms with Crippen molar-refractivity contribution in [3.05, 3.63) is 46.9 Å². The van der Waals surface area contributed by atoms with E-state index in [1.165, 1.54) is 28.9 Å². The van der Waals surface area contributed by atoms with Gasteiger partial charge in [-0.25, -0.2) is 0 Å². The fourth-order valence-electron chi connectivity index (χ4n) is 3.33. The number of pyridine rings is 1. The molecule has 0 bridgehead atoms. The van der Waals surface area contributed by atoms with Gasteiger partial charge in [-0.3, -0.25) is 4.98 Å². The van der Waals surface area contributed by atoms with Crippen LogP contribution in [0.5, 0.6) is 0 Å². The molecule has 19 heavy (non-hydrogen) atoms. The lowest BCUT2D eigenvalue weighted by atomic mass is 9.82. The molecular weight excluding hydrogens is 232 g/mol. The zero-order valence-corrected chi connectivity index (χ0v) is 12.3. The molecule has 0 aromatic carbocycles. The number of hydrogen-bond acceptors (Lipinski definition) is 2. The highest BCUT2D eigenvalue weighted by molar-refractivity contribution is 5.82. The summed E-state index contributed by atoms with van der Waals surface area (Å²) < 4.78 is 0. The Morgan fingerprint density at radius 2 is 2.16 bits per heavy atom. The number of fused-ring (bicyclic) bond motifs is 3. The van der Waals surface area contributed by atoms with Crippen molar-refractivity contribution in [2.75, 3.05) is 7.05 Å². The molecule has 0 saturated carbocycles. The predicted octanol–water partition coefficient (Wildman–Crippen LogP) is 4.18. The quantitative estimate of drug-likeness (QED) is 0.747. The molecule has 3 rings (SSSR count). The predicted molar refractivity (Wildman–Crippen MR) is 79.5 cm³/mol. The average Bonchev–Trinajstić information content (AvgIpc) is 2.44. The van der Waals surface area contributed by atoms with E-state index in [0.717, 1.165) is 6.42 Å². The monoisotopic (exact) mass is 254 g/mol. The molecule has 1 aliphatic carbocycles. The van der Waals surface area contributed by atoms with Gasteiger partial charge in [0.25, 0.3) is 0 Å². The van der Waals surface area contributed by atoms with E-state index in [2.05, 4.69) is 49.8 Å². The Bertz CT molecular complexity index is 566. The van der Waals surface area contributed by atoms with Crippen LogP contribution < -0.4 is 0 Å². The average molecular weight is 254 g/mol. The second-order valence-corrected chi connectivity index (χ2v) is 5.91. The Hall–Kier alpha value is -1.57. The van der Waals surface area contributed by atoms with Gasteiger partial charge < -0.3 is 4.90 Å². The van der Waals surface area contributed by atoms with Crippen LogP contribution in [0, 0.1) is 5.92 Å². The van der Waals surface area contributed by atoms with Gasteiger partial charge in [0.1, 0.15) is 0 Å². The van der Waals surface area contributed by atoms with Gasteiger partial charge >= 0.3 is 0 Å². The first kappa shape index (κ1) is 12.5. The minimum atomic E-state index is 0.405. The van der Waals surface area contributed by atoms with Gasteiger partial charge in [0.2, 0.25) is 0 Å². The summed E-state index contributed by atoms with van der Waals surface area (Å²) in [4.78, 5) is 7.09. The summed E-state index contributed by atoms with van der Waals surface area (Å²) >= 11 is 0. The highest BCUT2D eigenvalue weighted by Crippen LogP contribution is 2.45. The molecule has 1 aromatic rings. The van der Waals surface area contributed by atoms with E-state index < -0.39 is 0 Å². The Morgan fingerprint density at radius 1 is 1.37 bits per heavy atom. The largest absolute Gasteiger partial charge is 0.367 e. The van der Waals surface area contributed by atoms with Gasteiger partial charge in [0.05, 0.1) is 11.7 Å². The Morgan fingerprint density at radius 3 is 2.89 bits per heavy atom. The van der Waals surface area contributed by atoms with Crippen LogP contribution in [0.25, 0.3) is 5.57 Å². The van der Waals surface area contributed by atoms with Gasteiger partial charge in [0.15, 0.2) is 0 Å². The minimum absolute atomic E-state index is 0.405. The van der Waals surface area contributed by atoms with E-state index in [-0.39, 0.29) is 0 Å². The summed E-state index contributed by atoms with van der Waals surface area (Å²) in [6.07, 6.45) is 6.62. The van der Waals surface area contributed by atoms with Crippen LogP contribution >= 0.6 is 0 Å². The van der Waals surface area contributed by atoms with Crippen LogP contribution in [0.3, 0.4) is 0 Å². The molecular formula is C17H22N2. The first-order valence-corrected chi connectivity index (χ1v) is 7.23. The smallest absolute Gasteiger partial charge is 0.0772 e. The lowest BCUT2D eigenvalue weighted by Gasteiger charge is -2.40. The van der Waals surface area contributed by atoms with Crippen molar-refractivity contribution in [3.63, 3.8) is 0 Å². The van der Waals surface area contributed by atoms with Gasteiger partial charge in [-0.05, 0) is 37.3 Å². The molecule has 2 heterocycles. The molecule has 0 spiro atoms. The third kappa shape index (κ3) is 1.81. The van der Waals surface area contributed by atoms with Crippen LogP contribution in [-0.4, -0.2) is 16.9 Å². The van der Waals surface area contributed by atoms with Gasteiger partial charge in [-0.2, -0.15) is 0 Å². The maximum absolute atomic E-state index is 4.65. The van der Waals surface area contributed by atoms with Crippen molar-refractivity contribution in [1.82, 2.24) is 9.88 Å². The molecule has 2 heteroatoms. The molecule has 1 atom stereocenters. The van der Waals surface area contributed by atoms with Crippen molar-refractivity contribution in [2.45, 2.75) is 39.7 Å². The normalized spacial score (nSPS) is 22.3. The van der Waals surface area contributed by atoms with Crippen LogP contribution in [0.4, 0.5) is 0 Å². The number of nitrogens with zero attached hydrogens (tertiary/aromatic N) is 2. The fourth-order valence-corrected chi connectivity index (χ4v) is 3.33. The molecule has 100 valence electrons. The summed E-state index contributed by atoms with van der Waals surface area (Å²) in [5.41, 5.74) is 6.92. The molecule has 0 saturated heterocycles. The SMILES string of the molecule is CC(C)C1=C2C(=CCC1)c1ncccc1[C@H](C)N2C. The number of aromatic nitrogens is 1. The summed E-state index contributed by atoms with van der Waals surface area (Å²) in [5, 5.41) is 0. The van der Waals surface area contributed by atoms with Crippen LogP contribution in [0.15, 0.2) is 35.7 Å². The number of likely N-dealkylation sites (N-methyl/N-ethyl adjacent to an activating group) is 1. The van der Waals surface area contributed by atoms with Crippen LogP contribution in [0.1, 0.15) is 50.9 Å². The molecule has 1 aromatic heterocycles. The maximum atomic E-state index is 4.65. The topological polar surface area (TPSA) is 16.1 Å². The van der Waals surface area contributed by atoms with Crippen molar-refractivity contribution < 1.29 is 0 Å². The highest BCUT2D eigenvalue weighted by Gasteiger charge is 2.32. The lowest BCUT2D eigenvalue weighted by molar-refractivity contribution is 0.324. The minimum Gasteiger partial charge on any atom is -0.367 e. The molecule has 0 amide bonds. The van der Waals surface area contributed by atoms with Gasteiger partial charge in [-0.15, -0.1) is 0 Å². The second-order valence-electron chi connectivity index (χ2n) is 5.91. The first-order valence-electron chi connectivity index (χ1n) is 7.23. The van der Waals surface area contributed by atoms with E-state index in [4.69, 9.17) is 0 Å². The van der Waals surface area contributed by atoms with Crippen molar-refractivity contribution in [1.29, 1.82) is 0 Å².